The molecule has 1 fully saturated rings. The molecule has 0 unspecified atom stereocenters. The van der Waals surface area contributed by atoms with Crippen LogP contribution in [0.3, 0.4) is 0 Å². The minimum Gasteiger partial charge on any atom is -0.481 e. The zero-order chi connectivity index (χ0) is 21.1. The van der Waals surface area contributed by atoms with E-state index in [9.17, 15) is 14.7 Å². The van der Waals surface area contributed by atoms with Crippen LogP contribution in [0.15, 0.2) is 60.7 Å². The summed E-state index contributed by atoms with van der Waals surface area (Å²) in [5.41, 5.74) is 0. The number of rotatable bonds is 8. The van der Waals surface area contributed by atoms with Crippen LogP contribution in [0.5, 0.6) is 0 Å². The van der Waals surface area contributed by atoms with Gasteiger partial charge in [0, 0.05) is 6.42 Å². The van der Waals surface area contributed by atoms with E-state index in [0.29, 0.717) is 11.8 Å². The third kappa shape index (κ3) is 4.49. The molecular weight excluding hydrogens is 376 g/mol. The maximum Gasteiger partial charge on any atom is 0.303 e. The molecule has 1 aliphatic rings. The van der Waals surface area contributed by atoms with E-state index in [-0.39, 0.29) is 17.4 Å². The van der Waals surface area contributed by atoms with E-state index in [1.54, 1.807) is 0 Å². The molecule has 1 aliphatic carbocycles. The highest BCUT2D eigenvalue weighted by molar-refractivity contribution is 6.98. The van der Waals surface area contributed by atoms with Gasteiger partial charge in [0.1, 0.15) is 0 Å². The Morgan fingerprint density at radius 1 is 1.00 bits per heavy atom. The fourth-order valence-electron chi connectivity index (χ4n) is 5.38. The van der Waals surface area contributed by atoms with Crippen molar-refractivity contribution in [3.05, 3.63) is 60.7 Å². The molecule has 4 heteroatoms. The largest absolute Gasteiger partial charge is 0.481 e. The van der Waals surface area contributed by atoms with Gasteiger partial charge in [-0.15, -0.1) is 0 Å². The van der Waals surface area contributed by atoms with E-state index >= 15 is 0 Å². The molecular formula is C25H34O3Si. The molecule has 0 aromatic heterocycles. The van der Waals surface area contributed by atoms with Gasteiger partial charge in [0.15, 0.2) is 0 Å². The number of hydrogen-bond donors (Lipinski definition) is 2. The zero-order valence-electron chi connectivity index (χ0n) is 17.8. The second kappa shape index (κ2) is 8.84. The molecule has 0 bridgehead atoms. The van der Waals surface area contributed by atoms with Gasteiger partial charge in [-0.25, -0.2) is 0 Å². The normalized spacial score (nSPS) is 22.6. The lowest BCUT2D eigenvalue weighted by Gasteiger charge is -2.42. The lowest BCUT2D eigenvalue weighted by atomic mass is 9.83. The Hall–Kier alpha value is -1.91. The van der Waals surface area contributed by atoms with Crippen molar-refractivity contribution in [2.45, 2.75) is 57.9 Å². The molecule has 3 atom stereocenters. The molecule has 0 radical (unpaired) electrons. The van der Waals surface area contributed by atoms with Crippen molar-refractivity contribution < 1.29 is 14.7 Å². The Labute approximate surface area is 175 Å². The van der Waals surface area contributed by atoms with E-state index in [1.807, 2.05) is 36.4 Å². The highest BCUT2D eigenvalue weighted by Gasteiger charge is 2.50. The molecule has 2 aromatic carbocycles. The van der Waals surface area contributed by atoms with Crippen LogP contribution in [0.2, 0.25) is 5.04 Å². The summed E-state index contributed by atoms with van der Waals surface area (Å²) in [6, 6.07) is 20.3. The minimum atomic E-state index is -2.99. The standard InChI is InChI=1S/C25H34O3Si/c1-19-14-15-20(18-24(26)27)23(19)16-17-25(2,3)29(28,21-10-6-4-7-11-21)22-12-8-5-9-13-22/h4-13,19-20,23,28H,14-18H2,1-3H3,(H,26,27)/t19-,20+,23-/m0/s1. The fraction of sp³-hybridized carbons (Fsp3) is 0.480. The number of carboxylic acid groups (broad SMARTS) is 1. The second-order valence-electron chi connectivity index (χ2n) is 9.44. The summed E-state index contributed by atoms with van der Waals surface area (Å²) in [6.07, 6.45) is 4.26. The Morgan fingerprint density at radius 2 is 1.52 bits per heavy atom. The Morgan fingerprint density at radius 3 is 2.00 bits per heavy atom. The van der Waals surface area contributed by atoms with E-state index in [4.69, 9.17) is 0 Å². The van der Waals surface area contributed by atoms with Crippen molar-refractivity contribution in [2.24, 2.45) is 17.8 Å². The SMILES string of the molecule is C[C@H]1CC[C@H](CC(=O)O)[C@H]1CCC(C)(C)[Si](O)(c1ccccc1)c1ccccc1. The minimum absolute atomic E-state index is 0.265. The van der Waals surface area contributed by atoms with Crippen LogP contribution in [0.4, 0.5) is 0 Å². The monoisotopic (exact) mass is 410 g/mol. The molecule has 0 saturated heterocycles. The first-order valence-electron chi connectivity index (χ1n) is 10.8. The Kier molecular flexibility index (Phi) is 6.64. The van der Waals surface area contributed by atoms with Crippen LogP contribution in [0, 0.1) is 17.8 Å². The highest BCUT2D eigenvalue weighted by atomic mass is 28.4. The smallest absolute Gasteiger partial charge is 0.303 e. The summed E-state index contributed by atoms with van der Waals surface area (Å²) >= 11 is 0. The van der Waals surface area contributed by atoms with E-state index in [2.05, 4.69) is 45.0 Å². The van der Waals surface area contributed by atoms with Gasteiger partial charge in [-0.05, 0) is 52.4 Å². The van der Waals surface area contributed by atoms with Crippen molar-refractivity contribution in [2.75, 3.05) is 0 Å². The molecule has 2 N–H and O–H groups in total. The number of carbonyl (C=O) groups is 1. The average molecular weight is 411 g/mol. The molecule has 3 rings (SSSR count). The van der Waals surface area contributed by atoms with Crippen LogP contribution < -0.4 is 10.4 Å². The lowest BCUT2D eigenvalue weighted by molar-refractivity contribution is -0.138. The van der Waals surface area contributed by atoms with Crippen LogP contribution in [-0.4, -0.2) is 24.2 Å². The summed E-state index contributed by atoms with van der Waals surface area (Å²) in [4.78, 5) is 23.6. The van der Waals surface area contributed by atoms with Crippen molar-refractivity contribution >= 4 is 24.7 Å². The number of benzene rings is 2. The third-order valence-electron chi connectivity index (χ3n) is 7.23. The molecule has 0 spiro atoms. The van der Waals surface area contributed by atoms with Crippen LogP contribution in [0.25, 0.3) is 0 Å². The molecule has 3 nitrogen and oxygen atoms in total. The molecule has 0 amide bonds. The van der Waals surface area contributed by atoms with Crippen molar-refractivity contribution in [1.29, 1.82) is 0 Å². The quantitative estimate of drug-likeness (QED) is 0.633. The molecule has 2 aromatic rings. The molecule has 0 aliphatic heterocycles. The fourth-order valence-corrected chi connectivity index (χ4v) is 9.14. The summed E-state index contributed by atoms with van der Waals surface area (Å²) in [5, 5.41) is 11.1. The average Bonchev–Trinajstić information content (AvgIpc) is 3.05. The zero-order valence-corrected chi connectivity index (χ0v) is 18.8. The molecule has 1 saturated carbocycles. The van der Waals surface area contributed by atoms with Gasteiger partial charge >= 0.3 is 5.97 Å². The first kappa shape index (κ1) is 21.8. The first-order chi connectivity index (χ1) is 13.8. The number of aliphatic carboxylic acids is 1. The maximum atomic E-state index is 12.3. The van der Waals surface area contributed by atoms with Gasteiger partial charge in [0.25, 0.3) is 8.32 Å². The third-order valence-corrected chi connectivity index (χ3v) is 11.8. The predicted octanol–water partition coefficient (Wildman–Crippen LogP) is 4.44. The van der Waals surface area contributed by atoms with Gasteiger partial charge in [-0.1, -0.05) is 87.9 Å². The van der Waals surface area contributed by atoms with E-state index < -0.39 is 14.3 Å². The Balaban J connectivity index is 1.88. The predicted molar refractivity (Wildman–Crippen MR) is 121 cm³/mol. The van der Waals surface area contributed by atoms with Crippen molar-refractivity contribution in [3.8, 4) is 0 Å². The van der Waals surface area contributed by atoms with Crippen molar-refractivity contribution in [3.63, 3.8) is 0 Å². The summed E-state index contributed by atoms with van der Waals surface area (Å²) < 4.78 is 0. The van der Waals surface area contributed by atoms with E-state index in [1.165, 1.54) is 0 Å². The second-order valence-corrected chi connectivity index (χ2v) is 13.4. The topological polar surface area (TPSA) is 57.5 Å². The van der Waals surface area contributed by atoms with Gasteiger partial charge in [0.05, 0.1) is 0 Å². The van der Waals surface area contributed by atoms with Gasteiger partial charge < -0.3 is 9.90 Å². The van der Waals surface area contributed by atoms with Gasteiger partial charge in [-0.3, -0.25) is 4.79 Å². The number of hydrogen-bond acceptors (Lipinski definition) is 2. The van der Waals surface area contributed by atoms with Crippen LogP contribution in [0.1, 0.15) is 52.9 Å². The molecule has 156 valence electrons. The van der Waals surface area contributed by atoms with Gasteiger partial charge in [-0.2, -0.15) is 0 Å². The van der Waals surface area contributed by atoms with Crippen LogP contribution >= 0.6 is 0 Å². The summed E-state index contributed by atoms with van der Waals surface area (Å²) in [5.74, 6) is 0.558. The molecule has 29 heavy (non-hydrogen) atoms. The van der Waals surface area contributed by atoms with Crippen LogP contribution in [-0.2, 0) is 4.79 Å². The maximum absolute atomic E-state index is 12.3. The summed E-state index contributed by atoms with van der Waals surface area (Å²) in [7, 11) is -2.99. The highest BCUT2D eigenvalue weighted by Crippen LogP contribution is 2.47. The van der Waals surface area contributed by atoms with Gasteiger partial charge in [0.2, 0.25) is 0 Å². The lowest BCUT2D eigenvalue weighted by Crippen LogP contribution is -2.65. The summed E-state index contributed by atoms with van der Waals surface area (Å²) in [6.45, 7) is 6.66. The molecule has 0 heterocycles. The number of carboxylic acids is 1. The van der Waals surface area contributed by atoms with E-state index in [0.717, 1.165) is 36.1 Å². The Bertz CT molecular complexity index is 764. The first-order valence-corrected chi connectivity index (χ1v) is 12.8. The van der Waals surface area contributed by atoms with Crippen molar-refractivity contribution in [1.82, 2.24) is 0 Å².